The summed E-state index contributed by atoms with van der Waals surface area (Å²) in [6, 6.07) is 0.0664. The van der Waals surface area contributed by atoms with E-state index in [1.807, 2.05) is 0 Å². The summed E-state index contributed by atoms with van der Waals surface area (Å²) in [7, 11) is 5.12. The summed E-state index contributed by atoms with van der Waals surface area (Å²) in [5.74, 6) is -0.210. The highest BCUT2D eigenvalue weighted by Crippen LogP contribution is 2.13. The number of methoxy groups -OCH3 is 2. The van der Waals surface area contributed by atoms with E-state index < -0.39 is 0 Å². The van der Waals surface area contributed by atoms with Crippen molar-refractivity contribution in [2.24, 2.45) is 0 Å². The first kappa shape index (κ1) is 13.4. The lowest BCUT2D eigenvalue weighted by Crippen LogP contribution is -2.57. The van der Waals surface area contributed by atoms with Crippen LogP contribution in [0.4, 0.5) is 0 Å². The zero-order valence-electron chi connectivity index (χ0n) is 10.6. The van der Waals surface area contributed by atoms with E-state index in [9.17, 15) is 4.79 Å². The molecule has 1 saturated heterocycles. The van der Waals surface area contributed by atoms with Crippen LogP contribution in [0.5, 0.6) is 0 Å². The van der Waals surface area contributed by atoms with E-state index in [-0.39, 0.29) is 12.0 Å². The highest BCUT2D eigenvalue weighted by molar-refractivity contribution is 5.75. The van der Waals surface area contributed by atoms with Crippen LogP contribution in [0.2, 0.25) is 0 Å². The zero-order valence-corrected chi connectivity index (χ0v) is 10.6. The van der Waals surface area contributed by atoms with Crippen molar-refractivity contribution in [3.05, 3.63) is 0 Å². The fourth-order valence-electron chi connectivity index (χ4n) is 2.21. The lowest BCUT2D eigenvalue weighted by Gasteiger charge is -2.41. The number of esters is 1. The maximum absolute atomic E-state index is 11.7. The quantitative estimate of drug-likeness (QED) is 0.626. The second-order valence-electron chi connectivity index (χ2n) is 4.34. The van der Waals surface area contributed by atoms with Crippen LogP contribution in [-0.2, 0) is 14.3 Å². The number of carbonyl (C=O) groups excluding carboxylic acids is 1. The van der Waals surface area contributed by atoms with Crippen molar-refractivity contribution in [2.75, 3.05) is 47.5 Å². The van der Waals surface area contributed by atoms with E-state index in [4.69, 9.17) is 9.47 Å². The molecule has 0 saturated carbocycles. The van der Waals surface area contributed by atoms with Gasteiger partial charge in [-0.3, -0.25) is 9.69 Å². The van der Waals surface area contributed by atoms with Crippen molar-refractivity contribution < 1.29 is 14.3 Å². The lowest BCUT2D eigenvalue weighted by molar-refractivity contribution is -0.151. The van der Waals surface area contributed by atoms with Crippen molar-refractivity contribution in [2.45, 2.75) is 19.0 Å². The molecule has 5 heteroatoms. The molecule has 1 heterocycles. The van der Waals surface area contributed by atoms with Gasteiger partial charge in [-0.15, -0.1) is 0 Å². The van der Waals surface area contributed by atoms with Crippen LogP contribution < -0.4 is 0 Å². The molecule has 0 aromatic heterocycles. The monoisotopic (exact) mass is 230 g/mol. The number of carbonyl (C=O) groups is 1. The smallest absolute Gasteiger partial charge is 0.325 e. The molecule has 16 heavy (non-hydrogen) atoms. The van der Waals surface area contributed by atoms with Crippen molar-refractivity contribution >= 4 is 5.97 Å². The Bertz CT molecular complexity index is 235. The lowest BCUT2D eigenvalue weighted by atomic mass is 10.1. The summed E-state index contributed by atoms with van der Waals surface area (Å²) in [5, 5.41) is 0. The maximum Gasteiger partial charge on any atom is 0.325 e. The molecule has 0 aromatic carbocycles. The number of hydrogen-bond donors (Lipinski definition) is 0. The number of likely N-dealkylation sites (N-methyl/N-ethyl adjacent to an activating group) is 1. The Morgan fingerprint density at radius 1 is 1.44 bits per heavy atom. The van der Waals surface area contributed by atoms with Gasteiger partial charge in [0.25, 0.3) is 0 Å². The van der Waals surface area contributed by atoms with Crippen molar-refractivity contribution in [3.8, 4) is 0 Å². The fraction of sp³-hybridized carbons (Fsp3) is 0.909. The van der Waals surface area contributed by atoms with Gasteiger partial charge in [0.05, 0.1) is 13.7 Å². The van der Waals surface area contributed by atoms with Gasteiger partial charge in [0.15, 0.2) is 0 Å². The summed E-state index contributed by atoms with van der Waals surface area (Å²) in [6.45, 7) is 5.33. The largest absolute Gasteiger partial charge is 0.468 e. The molecule has 1 rings (SSSR count). The van der Waals surface area contributed by atoms with Gasteiger partial charge >= 0.3 is 5.97 Å². The van der Waals surface area contributed by atoms with Crippen LogP contribution in [0.3, 0.4) is 0 Å². The highest BCUT2D eigenvalue weighted by Gasteiger charge is 2.33. The topological polar surface area (TPSA) is 42.0 Å². The van der Waals surface area contributed by atoms with Crippen LogP contribution in [0.1, 0.15) is 6.92 Å². The zero-order chi connectivity index (χ0) is 12.1. The molecule has 5 nitrogen and oxygen atoms in total. The summed E-state index contributed by atoms with van der Waals surface area (Å²) < 4.78 is 9.92. The predicted octanol–water partition coefficient (Wildman–Crippen LogP) is -0.190. The molecule has 0 bridgehead atoms. The molecule has 0 aliphatic carbocycles. The second-order valence-corrected chi connectivity index (χ2v) is 4.34. The molecule has 0 aromatic rings. The highest BCUT2D eigenvalue weighted by atomic mass is 16.5. The van der Waals surface area contributed by atoms with E-state index in [1.54, 1.807) is 7.11 Å². The average Bonchev–Trinajstić information content (AvgIpc) is 2.26. The maximum atomic E-state index is 11.7. The van der Waals surface area contributed by atoms with Gasteiger partial charge in [-0.25, -0.2) is 0 Å². The first-order valence-corrected chi connectivity index (χ1v) is 5.61. The Morgan fingerprint density at radius 2 is 2.12 bits per heavy atom. The minimum absolute atomic E-state index is 0.210. The summed E-state index contributed by atoms with van der Waals surface area (Å²) in [4.78, 5) is 16.1. The van der Waals surface area contributed by atoms with Gasteiger partial charge in [-0.2, -0.15) is 0 Å². The Kier molecular flexibility index (Phi) is 5.18. The molecule has 0 amide bonds. The number of hydrogen-bond acceptors (Lipinski definition) is 5. The first-order chi connectivity index (χ1) is 7.60. The van der Waals surface area contributed by atoms with E-state index in [2.05, 4.69) is 23.8 Å². The van der Waals surface area contributed by atoms with Gasteiger partial charge < -0.3 is 14.4 Å². The summed E-state index contributed by atoms with van der Waals surface area (Å²) >= 11 is 0. The van der Waals surface area contributed by atoms with Crippen LogP contribution in [0.15, 0.2) is 0 Å². The summed E-state index contributed by atoms with van der Waals surface area (Å²) in [5.41, 5.74) is 0. The number of rotatable bonds is 4. The third-order valence-electron chi connectivity index (χ3n) is 3.08. The molecule has 1 aliphatic rings. The van der Waals surface area contributed by atoms with Crippen LogP contribution in [0.25, 0.3) is 0 Å². The molecular weight excluding hydrogens is 208 g/mol. The van der Waals surface area contributed by atoms with E-state index in [0.29, 0.717) is 12.6 Å². The third kappa shape index (κ3) is 3.17. The molecule has 0 radical (unpaired) electrons. The minimum atomic E-state index is -0.279. The Labute approximate surface area is 97.3 Å². The molecule has 0 N–H and O–H groups in total. The second kappa shape index (κ2) is 6.18. The molecule has 1 fully saturated rings. The van der Waals surface area contributed by atoms with Crippen molar-refractivity contribution in [1.82, 2.24) is 9.80 Å². The number of ether oxygens (including phenoxy) is 2. The normalized spacial score (nSPS) is 25.4. The molecule has 1 aliphatic heterocycles. The van der Waals surface area contributed by atoms with Gasteiger partial charge in [0.2, 0.25) is 0 Å². The van der Waals surface area contributed by atoms with Gasteiger partial charge in [-0.1, -0.05) is 0 Å². The fourth-order valence-corrected chi connectivity index (χ4v) is 2.21. The van der Waals surface area contributed by atoms with Crippen LogP contribution >= 0.6 is 0 Å². The van der Waals surface area contributed by atoms with Gasteiger partial charge in [0.1, 0.15) is 6.04 Å². The first-order valence-electron chi connectivity index (χ1n) is 5.61. The van der Waals surface area contributed by atoms with Crippen LogP contribution in [0, 0.1) is 0 Å². The van der Waals surface area contributed by atoms with Gasteiger partial charge in [0, 0.05) is 32.8 Å². The summed E-state index contributed by atoms with van der Waals surface area (Å²) in [6.07, 6.45) is 0. The number of piperazine rings is 1. The molecule has 2 atom stereocenters. The predicted molar refractivity (Wildman–Crippen MR) is 61.3 cm³/mol. The van der Waals surface area contributed by atoms with Crippen molar-refractivity contribution in [3.63, 3.8) is 0 Å². The van der Waals surface area contributed by atoms with E-state index in [1.165, 1.54) is 7.11 Å². The van der Waals surface area contributed by atoms with E-state index >= 15 is 0 Å². The third-order valence-corrected chi connectivity index (χ3v) is 3.08. The molecule has 1 unspecified atom stereocenters. The Balaban J connectivity index is 2.66. The van der Waals surface area contributed by atoms with Crippen molar-refractivity contribution in [1.29, 1.82) is 0 Å². The molecule has 94 valence electrons. The van der Waals surface area contributed by atoms with Gasteiger partial charge in [-0.05, 0) is 14.0 Å². The Hall–Kier alpha value is -0.650. The minimum Gasteiger partial charge on any atom is -0.468 e. The number of nitrogens with zero attached hydrogens (tertiary/aromatic N) is 2. The Morgan fingerprint density at radius 3 is 2.62 bits per heavy atom. The average molecular weight is 230 g/mol. The van der Waals surface area contributed by atoms with E-state index in [0.717, 1.165) is 19.6 Å². The molecule has 0 spiro atoms. The SMILES string of the molecule is COCC(C(=O)OC)N1CCN(C)C[C@H]1C. The molecular formula is C11H22N2O3. The standard InChI is InChI=1S/C11H22N2O3/c1-9-7-12(2)5-6-13(9)10(8-15-3)11(14)16-4/h9-10H,5-8H2,1-4H3/t9-,10?/m1/s1. The van der Waals surface area contributed by atoms with Crippen LogP contribution in [-0.4, -0.2) is 75.4 Å².